The largest absolute Gasteiger partial charge is 0.377 e. The van der Waals surface area contributed by atoms with Gasteiger partial charge in [-0.3, -0.25) is 14.9 Å². The SMILES string of the molecule is O=C(c1ccc(NC2CC2)c([N+](=O)[O-])c1)N1CCc2ccccc21. The molecule has 1 saturated carbocycles. The Hall–Kier alpha value is -2.89. The number of nitrogens with one attached hydrogen (secondary N) is 1. The molecular weight excluding hydrogens is 306 g/mol. The van der Waals surface area contributed by atoms with Crippen molar-refractivity contribution in [2.24, 2.45) is 0 Å². The molecule has 2 aromatic carbocycles. The quantitative estimate of drug-likeness (QED) is 0.691. The minimum absolute atomic E-state index is 0.0415. The van der Waals surface area contributed by atoms with Crippen molar-refractivity contribution < 1.29 is 9.72 Å². The number of nitro groups is 1. The van der Waals surface area contributed by atoms with Crippen LogP contribution in [0.4, 0.5) is 17.1 Å². The van der Waals surface area contributed by atoms with E-state index >= 15 is 0 Å². The molecule has 0 spiro atoms. The molecule has 0 aromatic heterocycles. The second kappa shape index (κ2) is 5.63. The van der Waals surface area contributed by atoms with Crippen molar-refractivity contribution in [1.29, 1.82) is 0 Å². The molecule has 0 unspecified atom stereocenters. The molecule has 4 rings (SSSR count). The van der Waals surface area contributed by atoms with Crippen LogP contribution in [0, 0.1) is 10.1 Å². The summed E-state index contributed by atoms with van der Waals surface area (Å²) in [6.45, 7) is 0.605. The van der Waals surface area contributed by atoms with Gasteiger partial charge < -0.3 is 10.2 Å². The Balaban J connectivity index is 1.65. The fraction of sp³-hybridized carbons (Fsp3) is 0.278. The molecule has 1 N–H and O–H groups in total. The first-order chi connectivity index (χ1) is 11.6. The highest BCUT2D eigenvalue weighted by Crippen LogP contribution is 2.33. The molecule has 1 fully saturated rings. The van der Waals surface area contributed by atoms with E-state index in [1.54, 1.807) is 17.0 Å². The van der Waals surface area contributed by atoms with Crippen molar-refractivity contribution in [3.8, 4) is 0 Å². The number of rotatable bonds is 4. The third-order valence-corrected chi connectivity index (χ3v) is 4.51. The number of fused-ring (bicyclic) bond motifs is 1. The van der Waals surface area contributed by atoms with Crippen LogP contribution < -0.4 is 10.2 Å². The van der Waals surface area contributed by atoms with Gasteiger partial charge in [0.2, 0.25) is 0 Å². The first-order valence-electron chi connectivity index (χ1n) is 8.08. The second-order valence-electron chi connectivity index (χ2n) is 6.24. The molecule has 1 amide bonds. The first kappa shape index (κ1) is 14.7. The maximum Gasteiger partial charge on any atom is 0.293 e. The zero-order chi connectivity index (χ0) is 16.7. The topological polar surface area (TPSA) is 75.5 Å². The van der Waals surface area contributed by atoms with Crippen molar-refractivity contribution in [3.05, 3.63) is 63.7 Å². The predicted octanol–water partition coefficient (Wildman–Crippen LogP) is 3.37. The molecule has 24 heavy (non-hydrogen) atoms. The van der Waals surface area contributed by atoms with Crippen molar-refractivity contribution in [1.82, 2.24) is 0 Å². The lowest BCUT2D eigenvalue weighted by atomic mass is 10.1. The van der Waals surface area contributed by atoms with Crippen LogP contribution in [0.15, 0.2) is 42.5 Å². The number of benzene rings is 2. The minimum Gasteiger partial charge on any atom is -0.377 e. The molecule has 0 atom stereocenters. The van der Waals surface area contributed by atoms with Gasteiger partial charge in [-0.05, 0) is 43.0 Å². The molecule has 2 aromatic rings. The van der Waals surface area contributed by atoms with E-state index in [0.717, 1.165) is 30.5 Å². The summed E-state index contributed by atoms with van der Waals surface area (Å²) in [6.07, 6.45) is 2.87. The summed E-state index contributed by atoms with van der Waals surface area (Å²) in [6, 6.07) is 12.8. The zero-order valence-corrected chi connectivity index (χ0v) is 13.1. The second-order valence-corrected chi connectivity index (χ2v) is 6.24. The number of amides is 1. The van der Waals surface area contributed by atoms with Gasteiger partial charge in [0, 0.05) is 29.9 Å². The van der Waals surface area contributed by atoms with E-state index in [0.29, 0.717) is 23.8 Å². The number of anilines is 2. The predicted molar refractivity (Wildman–Crippen MR) is 91.6 cm³/mol. The van der Waals surface area contributed by atoms with Crippen LogP contribution in [0.1, 0.15) is 28.8 Å². The average Bonchev–Trinajstić information content (AvgIpc) is 3.30. The van der Waals surface area contributed by atoms with Crippen LogP contribution in [0.5, 0.6) is 0 Å². The summed E-state index contributed by atoms with van der Waals surface area (Å²) < 4.78 is 0. The summed E-state index contributed by atoms with van der Waals surface area (Å²) in [4.78, 5) is 25.4. The minimum atomic E-state index is -0.431. The van der Waals surface area contributed by atoms with Gasteiger partial charge in [0.15, 0.2) is 0 Å². The molecule has 0 radical (unpaired) electrons. The van der Waals surface area contributed by atoms with Crippen LogP contribution in [-0.2, 0) is 6.42 Å². The van der Waals surface area contributed by atoms with Crippen LogP contribution >= 0.6 is 0 Å². The molecule has 6 nitrogen and oxygen atoms in total. The van der Waals surface area contributed by atoms with Crippen molar-refractivity contribution in [2.45, 2.75) is 25.3 Å². The van der Waals surface area contributed by atoms with E-state index < -0.39 is 4.92 Å². The van der Waals surface area contributed by atoms with E-state index in [-0.39, 0.29) is 11.6 Å². The Morgan fingerprint density at radius 2 is 2.00 bits per heavy atom. The summed E-state index contributed by atoms with van der Waals surface area (Å²) >= 11 is 0. The number of hydrogen-bond acceptors (Lipinski definition) is 4. The summed E-state index contributed by atoms with van der Waals surface area (Å²) in [7, 11) is 0. The Labute approximate surface area is 139 Å². The maximum atomic E-state index is 12.8. The highest BCUT2D eigenvalue weighted by Gasteiger charge is 2.28. The van der Waals surface area contributed by atoms with Crippen molar-refractivity contribution in [2.75, 3.05) is 16.8 Å². The lowest BCUT2D eigenvalue weighted by Crippen LogP contribution is -2.28. The van der Waals surface area contributed by atoms with E-state index in [4.69, 9.17) is 0 Å². The Kier molecular flexibility index (Phi) is 3.45. The number of nitro benzene ring substituents is 1. The molecular formula is C18H17N3O3. The van der Waals surface area contributed by atoms with Crippen LogP contribution in [-0.4, -0.2) is 23.4 Å². The lowest BCUT2D eigenvalue weighted by molar-refractivity contribution is -0.384. The molecule has 6 heteroatoms. The molecule has 1 aliphatic carbocycles. The standard InChI is InChI=1S/C18H17N3O3/c22-18(20-10-9-12-3-1-2-4-16(12)20)13-5-8-15(19-14-6-7-14)17(11-13)21(23)24/h1-5,8,11,14,19H,6-7,9-10H2. The van der Waals surface area contributed by atoms with E-state index in [1.807, 2.05) is 24.3 Å². The van der Waals surface area contributed by atoms with Crippen LogP contribution in [0.3, 0.4) is 0 Å². The van der Waals surface area contributed by atoms with E-state index in [1.165, 1.54) is 6.07 Å². The fourth-order valence-electron chi connectivity index (χ4n) is 3.09. The third kappa shape index (κ3) is 2.60. The summed E-state index contributed by atoms with van der Waals surface area (Å²) in [5.41, 5.74) is 2.82. The number of nitrogens with zero attached hydrogens (tertiary/aromatic N) is 2. The number of hydrogen-bond donors (Lipinski definition) is 1. The average molecular weight is 323 g/mol. The van der Waals surface area contributed by atoms with Crippen LogP contribution in [0.2, 0.25) is 0 Å². The third-order valence-electron chi connectivity index (χ3n) is 4.51. The normalized spacial score (nSPS) is 15.9. The van der Waals surface area contributed by atoms with Gasteiger partial charge in [0.25, 0.3) is 11.6 Å². The monoisotopic (exact) mass is 323 g/mol. The number of carbonyl (C=O) groups excluding carboxylic acids is 1. The van der Waals surface area contributed by atoms with Gasteiger partial charge in [-0.1, -0.05) is 18.2 Å². The first-order valence-corrected chi connectivity index (χ1v) is 8.08. The molecule has 1 heterocycles. The Morgan fingerprint density at radius 1 is 1.21 bits per heavy atom. The smallest absolute Gasteiger partial charge is 0.293 e. The summed E-state index contributed by atoms with van der Waals surface area (Å²) in [5, 5.41) is 14.5. The highest BCUT2D eigenvalue weighted by atomic mass is 16.6. The number of carbonyl (C=O) groups is 1. The fourth-order valence-corrected chi connectivity index (χ4v) is 3.09. The van der Waals surface area contributed by atoms with Gasteiger partial charge in [-0.25, -0.2) is 0 Å². The van der Waals surface area contributed by atoms with Gasteiger partial charge in [-0.15, -0.1) is 0 Å². The Morgan fingerprint density at radius 3 is 2.75 bits per heavy atom. The molecule has 0 bridgehead atoms. The molecule has 122 valence electrons. The summed E-state index contributed by atoms with van der Waals surface area (Å²) in [5.74, 6) is -0.193. The maximum absolute atomic E-state index is 12.8. The lowest BCUT2D eigenvalue weighted by Gasteiger charge is -2.17. The van der Waals surface area contributed by atoms with Gasteiger partial charge in [0.05, 0.1) is 4.92 Å². The molecule has 0 saturated heterocycles. The number of para-hydroxylation sites is 1. The van der Waals surface area contributed by atoms with Gasteiger partial charge in [0.1, 0.15) is 5.69 Å². The van der Waals surface area contributed by atoms with Crippen LogP contribution in [0.25, 0.3) is 0 Å². The van der Waals surface area contributed by atoms with E-state index in [9.17, 15) is 14.9 Å². The molecule has 2 aliphatic rings. The highest BCUT2D eigenvalue weighted by molar-refractivity contribution is 6.08. The zero-order valence-electron chi connectivity index (χ0n) is 13.1. The van der Waals surface area contributed by atoms with Crippen molar-refractivity contribution in [3.63, 3.8) is 0 Å². The van der Waals surface area contributed by atoms with E-state index in [2.05, 4.69) is 5.32 Å². The molecule has 1 aliphatic heterocycles. The van der Waals surface area contributed by atoms with Gasteiger partial charge >= 0.3 is 0 Å². The van der Waals surface area contributed by atoms with Crippen molar-refractivity contribution >= 4 is 23.0 Å². The Bertz CT molecular complexity index is 830. The van der Waals surface area contributed by atoms with Gasteiger partial charge in [-0.2, -0.15) is 0 Å².